The SMILES string of the molecule is CS(=O)(=O)C=S. The van der Waals surface area contributed by atoms with Crippen molar-refractivity contribution in [2.45, 2.75) is 0 Å². The maximum atomic E-state index is 9.84. The monoisotopic (exact) mass is 124 g/mol. The molecule has 0 aromatic rings. The van der Waals surface area contributed by atoms with Crippen LogP contribution in [-0.4, -0.2) is 19.4 Å². The largest absolute Gasteiger partial charge is 0.224 e. The predicted molar refractivity (Wildman–Crippen MR) is 28.5 cm³/mol. The molecule has 0 atom stereocenters. The molecule has 6 heavy (non-hydrogen) atoms. The van der Waals surface area contributed by atoms with Gasteiger partial charge in [-0.2, -0.15) is 0 Å². The van der Waals surface area contributed by atoms with Crippen LogP contribution in [0.1, 0.15) is 0 Å². The third-order valence-electron chi connectivity index (χ3n) is 0.175. The van der Waals surface area contributed by atoms with Gasteiger partial charge in [-0.15, -0.1) is 0 Å². The van der Waals surface area contributed by atoms with E-state index in [4.69, 9.17) is 0 Å². The van der Waals surface area contributed by atoms with Crippen molar-refractivity contribution in [2.75, 3.05) is 6.26 Å². The molecule has 0 fully saturated rings. The van der Waals surface area contributed by atoms with Crippen molar-refractivity contribution < 1.29 is 8.42 Å². The highest BCUT2D eigenvalue weighted by atomic mass is 32.2. The molecule has 0 saturated heterocycles. The first-order valence-corrected chi connectivity index (χ1v) is 3.64. The summed E-state index contributed by atoms with van der Waals surface area (Å²) in [4.78, 5) is 0. The molecule has 0 amide bonds. The van der Waals surface area contributed by atoms with Crippen molar-refractivity contribution in [1.29, 1.82) is 0 Å². The van der Waals surface area contributed by atoms with E-state index >= 15 is 0 Å². The van der Waals surface area contributed by atoms with Crippen molar-refractivity contribution in [3.05, 3.63) is 0 Å². The van der Waals surface area contributed by atoms with E-state index in [1.165, 1.54) is 0 Å². The predicted octanol–water partition coefficient (Wildman–Crippen LogP) is -0.0118. The first-order chi connectivity index (χ1) is 2.56. The van der Waals surface area contributed by atoms with E-state index in [1.54, 1.807) is 0 Å². The van der Waals surface area contributed by atoms with Crippen LogP contribution in [0.3, 0.4) is 0 Å². The molecule has 4 heteroatoms. The van der Waals surface area contributed by atoms with Crippen LogP contribution < -0.4 is 0 Å². The van der Waals surface area contributed by atoms with E-state index < -0.39 is 9.84 Å². The van der Waals surface area contributed by atoms with E-state index in [0.29, 0.717) is 0 Å². The highest BCUT2D eigenvalue weighted by Crippen LogP contribution is 1.69. The molecule has 0 bridgehead atoms. The molecule has 0 spiro atoms. The van der Waals surface area contributed by atoms with Crippen LogP contribution in [-0.2, 0) is 9.84 Å². The zero-order chi connectivity index (χ0) is 5.21. The van der Waals surface area contributed by atoms with Crippen molar-refractivity contribution in [1.82, 2.24) is 0 Å². The zero-order valence-corrected chi connectivity index (χ0v) is 4.84. The zero-order valence-electron chi connectivity index (χ0n) is 3.21. The normalized spacial score (nSPS) is 10.8. The molecule has 2 nitrogen and oxygen atoms in total. The smallest absolute Gasteiger partial charge is 0.178 e. The summed E-state index contributed by atoms with van der Waals surface area (Å²) in [6.07, 6.45) is 1.06. The van der Waals surface area contributed by atoms with Gasteiger partial charge in [0, 0.05) is 6.26 Å². The highest BCUT2D eigenvalue weighted by Gasteiger charge is 1.87. The second-order valence-corrected chi connectivity index (χ2v) is 3.35. The van der Waals surface area contributed by atoms with Crippen LogP contribution in [0.5, 0.6) is 0 Å². The fourth-order valence-electron chi connectivity index (χ4n) is 0. The van der Waals surface area contributed by atoms with Gasteiger partial charge in [0.15, 0.2) is 9.84 Å². The van der Waals surface area contributed by atoms with Gasteiger partial charge in [-0.05, 0) is 0 Å². The molecule has 0 aromatic heterocycles. The Morgan fingerprint density at radius 3 is 1.83 bits per heavy atom. The summed E-state index contributed by atoms with van der Waals surface area (Å²) in [5.74, 6) is 0. The van der Waals surface area contributed by atoms with Gasteiger partial charge in [0.1, 0.15) is 0 Å². The summed E-state index contributed by atoms with van der Waals surface area (Å²) >= 11 is 4.08. The van der Waals surface area contributed by atoms with Crippen molar-refractivity contribution in [3.63, 3.8) is 0 Å². The minimum absolute atomic E-state index is 0.743. The summed E-state index contributed by atoms with van der Waals surface area (Å²) in [6, 6.07) is 0. The Balaban J connectivity index is 4.25. The number of rotatable bonds is 1. The van der Waals surface area contributed by atoms with Crippen molar-refractivity contribution in [3.8, 4) is 0 Å². The van der Waals surface area contributed by atoms with Crippen LogP contribution in [0.4, 0.5) is 0 Å². The molecular formula is C2H4O2S2. The quantitative estimate of drug-likeness (QED) is 0.461. The Bertz CT molecular complexity index is 120. The van der Waals surface area contributed by atoms with E-state index in [0.717, 1.165) is 11.0 Å². The van der Waals surface area contributed by atoms with Gasteiger partial charge in [-0.3, -0.25) is 0 Å². The van der Waals surface area contributed by atoms with E-state index in [-0.39, 0.29) is 0 Å². The van der Waals surface area contributed by atoms with Gasteiger partial charge in [-0.25, -0.2) is 8.42 Å². The Morgan fingerprint density at radius 1 is 1.67 bits per heavy atom. The van der Waals surface area contributed by atoms with Crippen molar-refractivity contribution in [2.24, 2.45) is 0 Å². The summed E-state index contributed by atoms with van der Waals surface area (Å²) < 4.78 is 20.4. The number of thiocarbonyl (C=S) groups is 1. The number of sulfone groups is 1. The summed E-state index contributed by atoms with van der Waals surface area (Å²) in [7, 11) is -2.97. The van der Waals surface area contributed by atoms with Gasteiger partial charge >= 0.3 is 0 Å². The lowest BCUT2D eigenvalue weighted by atomic mass is 11.9. The summed E-state index contributed by atoms with van der Waals surface area (Å²) in [5.41, 5.74) is 0. The van der Waals surface area contributed by atoms with Gasteiger partial charge in [-0.1, -0.05) is 12.2 Å². The molecule has 0 saturated carbocycles. The van der Waals surface area contributed by atoms with Crippen LogP contribution >= 0.6 is 12.2 Å². The Labute approximate surface area is 42.1 Å². The number of hydrogen-bond acceptors (Lipinski definition) is 3. The van der Waals surface area contributed by atoms with Crippen LogP contribution in [0.2, 0.25) is 0 Å². The molecule has 0 unspecified atom stereocenters. The van der Waals surface area contributed by atoms with E-state index in [2.05, 4.69) is 12.2 Å². The van der Waals surface area contributed by atoms with Gasteiger partial charge in [0.05, 0.1) is 4.70 Å². The molecule has 0 radical (unpaired) electrons. The molecule has 0 aliphatic heterocycles. The molecule has 0 aliphatic carbocycles. The molecular weight excluding hydrogens is 120 g/mol. The molecule has 0 aliphatic rings. The number of hydrogen-bond donors (Lipinski definition) is 0. The van der Waals surface area contributed by atoms with Gasteiger partial charge < -0.3 is 0 Å². The fraction of sp³-hybridized carbons (Fsp3) is 0.500. The lowest BCUT2D eigenvalue weighted by Gasteiger charge is -1.72. The lowest BCUT2D eigenvalue weighted by molar-refractivity contribution is 0.614. The second kappa shape index (κ2) is 1.66. The Morgan fingerprint density at radius 2 is 1.83 bits per heavy atom. The molecule has 0 heterocycles. The average Bonchev–Trinajstić information content (AvgIpc) is 1.35. The van der Waals surface area contributed by atoms with Gasteiger partial charge in [0.25, 0.3) is 0 Å². The Kier molecular flexibility index (Phi) is 1.67. The molecule has 0 N–H and O–H groups in total. The van der Waals surface area contributed by atoms with Crippen LogP contribution in [0.25, 0.3) is 0 Å². The molecule has 0 rings (SSSR count). The fourth-order valence-corrected chi connectivity index (χ4v) is 0. The Hall–Kier alpha value is 0.0400. The lowest BCUT2D eigenvalue weighted by Crippen LogP contribution is -1.91. The first-order valence-electron chi connectivity index (χ1n) is 1.21. The van der Waals surface area contributed by atoms with E-state index in [1.807, 2.05) is 0 Å². The van der Waals surface area contributed by atoms with E-state index in [9.17, 15) is 8.42 Å². The summed E-state index contributed by atoms with van der Waals surface area (Å²) in [5, 5.41) is 0. The molecule has 36 valence electrons. The van der Waals surface area contributed by atoms with Crippen LogP contribution in [0, 0.1) is 0 Å². The minimum Gasteiger partial charge on any atom is -0.224 e. The third-order valence-corrected chi connectivity index (χ3v) is 1.57. The van der Waals surface area contributed by atoms with Gasteiger partial charge in [0.2, 0.25) is 0 Å². The second-order valence-electron chi connectivity index (χ2n) is 0.926. The third kappa shape index (κ3) is 4.04. The maximum absolute atomic E-state index is 9.84. The maximum Gasteiger partial charge on any atom is 0.178 e. The highest BCUT2D eigenvalue weighted by molar-refractivity contribution is 8.14. The molecule has 0 aromatic carbocycles. The minimum atomic E-state index is -2.97. The van der Waals surface area contributed by atoms with Crippen LogP contribution in [0.15, 0.2) is 0 Å². The summed E-state index contributed by atoms with van der Waals surface area (Å²) in [6.45, 7) is 0. The topological polar surface area (TPSA) is 34.1 Å². The van der Waals surface area contributed by atoms with Crippen molar-refractivity contribution >= 4 is 26.8 Å². The standard InChI is InChI=1S/C2H4O2S2/c1-6(3,4)2-5/h2H,1H3. The first kappa shape index (κ1) is 6.04. The average molecular weight is 124 g/mol.